The summed E-state index contributed by atoms with van der Waals surface area (Å²) in [6.07, 6.45) is 2.13. The molecule has 1 amide bonds. The maximum Gasteiger partial charge on any atom is 0.227 e. The number of amides is 1. The summed E-state index contributed by atoms with van der Waals surface area (Å²) in [6, 6.07) is 3.69. The SMILES string of the molecule is CC1CN(C(=O)[C@@H]2CN(C(C)(C)C)C[C@H]2c2ccc(F)cc2F)CC(C)C1(O)C1CC1. The average molecular weight is 435 g/mol. The van der Waals surface area contributed by atoms with Gasteiger partial charge in [0, 0.05) is 55.5 Å². The number of halogens is 2. The van der Waals surface area contributed by atoms with Gasteiger partial charge in [-0.2, -0.15) is 0 Å². The molecule has 3 aliphatic rings. The van der Waals surface area contributed by atoms with Crippen molar-refractivity contribution >= 4 is 5.91 Å². The molecule has 1 aliphatic carbocycles. The first-order valence-electron chi connectivity index (χ1n) is 11.6. The van der Waals surface area contributed by atoms with Crippen molar-refractivity contribution in [2.75, 3.05) is 26.2 Å². The first-order valence-corrected chi connectivity index (χ1v) is 11.6. The third-order valence-corrected chi connectivity index (χ3v) is 8.06. The lowest BCUT2D eigenvalue weighted by Crippen LogP contribution is -2.60. The second kappa shape index (κ2) is 7.80. The largest absolute Gasteiger partial charge is 0.389 e. The number of nitrogens with zero attached hydrogens (tertiary/aromatic N) is 2. The quantitative estimate of drug-likeness (QED) is 0.781. The summed E-state index contributed by atoms with van der Waals surface area (Å²) in [6.45, 7) is 12.5. The van der Waals surface area contributed by atoms with Gasteiger partial charge in [-0.15, -0.1) is 0 Å². The third kappa shape index (κ3) is 4.02. The zero-order valence-electron chi connectivity index (χ0n) is 19.4. The van der Waals surface area contributed by atoms with Crippen LogP contribution >= 0.6 is 0 Å². The van der Waals surface area contributed by atoms with Crippen LogP contribution in [0.3, 0.4) is 0 Å². The highest BCUT2D eigenvalue weighted by molar-refractivity contribution is 5.81. The molecule has 1 N–H and O–H groups in total. The molecule has 3 fully saturated rings. The van der Waals surface area contributed by atoms with E-state index in [1.54, 1.807) is 0 Å². The lowest BCUT2D eigenvalue weighted by atomic mass is 9.71. The molecule has 1 saturated carbocycles. The van der Waals surface area contributed by atoms with Crippen LogP contribution in [0.1, 0.15) is 58.9 Å². The number of hydrogen-bond acceptors (Lipinski definition) is 3. The van der Waals surface area contributed by atoms with Crippen molar-refractivity contribution in [3.8, 4) is 0 Å². The van der Waals surface area contributed by atoms with Gasteiger partial charge in [-0.05, 0) is 51.2 Å². The second-order valence-corrected chi connectivity index (χ2v) is 11.2. The van der Waals surface area contributed by atoms with Gasteiger partial charge in [-0.3, -0.25) is 9.69 Å². The number of rotatable bonds is 3. The standard InChI is InChI=1S/C25H36F2N2O2/c1-15-11-28(12-16(2)25(15,31)17-6-7-17)23(30)21-14-29(24(3,4)5)13-20(21)19-9-8-18(26)10-22(19)27/h8-10,15-17,20-21,31H,6-7,11-14H2,1-5H3/t15?,16?,20-,21+,25?/m0/s1. The van der Waals surface area contributed by atoms with Crippen molar-refractivity contribution in [2.45, 2.75) is 64.5 Å². The molecule has 0 bridgehead atoms. The molecule has 2 aliphatic heterocycles. The van der Waals surface area contributed by atoms with Gasteiger partial charge in [-0.1, -0.05) is 19.9 Å². The second-order valence-electron chi connectivity index (χ2n) is 11.2. The minimum absolute atomic E-state index is 0.00818. The molecule has 2 saturated heterocycles. The number of carbonyl (C=O) groups excluding carboxylic acids is 1. The fraction of sp³-hybridized carbons (Fsp3) is 0.720. The van der Waals surface area contributed by atoms with Gasteiger partial charge in [0.1, 0.15) is 11.6 Å². The lowest BCUT2D eigenvalue weighted by Gasteiger charge is -2.49. The van der Waals surface area contributed by atoms with Gasteiger partial charge in [0.2, 0.25) is 5.91 Å². The summed E-state index contributed by atoms with van der Waals surface area (Å²) in [4.78, 5) is 17.9. The van der Waals surface area contributed by atoms with E-state index in [1.807, 2.05) is 18.7 Å². The zero-order chi connectivity index (χ0) is 22.7. The van der Waals surface area contributed by atoms with Crippen LogP contribution < -0.4 is 0 Å². The van der Waals surface area contributed by atoms with Gasteiger partial charge < -0.3 is 10.0 Å². The molecule has 172 valence electrons. The average Bonchev–Trinajstić information content (AvgIpc) is 3.43. The molecule has 4 nitrogen and oxygen atoms in total. The van der Waals surface area contributed by atoms with E-state index in [-0.39, 0.29) is 35.1 Å². The van der Waals surface area contributed by atoms with Crippen molar-refractivity contribution in [2.24, 2.45) is 23.7 Å². The summed E-state index contributed by atoms with van der Waals surface area (Å²) < 4.78 is 28.2. The monoisotopic (exact) mass is 434 g/mol. The van der Waals surface area contributed by atoms with Crippen molar-refractivity contribution in [1.82, 2.24) is 9.80 Å². The molecule has 0 radical (unpaired) electrons. The normalized spacial score (nSPS) is 34.9. The summed E-state index contributed by atoms with van der Waals surface area (Å²) in [5.41, 5.74) is -0.440. The Labute approximate surface area is 184 Å². The molecule has 4 rings (SSSR count). The summed E-state index contributed by atoms with van der Waals surface area (Å²) in [5.74, 6) is -1.50. The van der Waals surface area contributed by atoms with Crippen LogP contribution in [0.5, 0.6) is 0 Å². The topological polar surface area (TPSA) is 43.8 Å². The van der Waals surface area contributed by atoms with Crippen molar-refractivity contribution < 1.29 is 18.7 Å². The highest BCUT2D eigenvalue weighted by atomic mass is 19.1. The fourth-order valence-electron chi connectivity index (χ4n) is 6.00. The van der Waals surface area contributed by atoms with E-state index in [0.717, 1.165) is 18.9 Å². The highest BCUT2D eigenvalue weighted by Gasteiger charge is 2.55. The number of likely N-dealkylation sites (tertiary alicyclic amines) is 2. The van der Waals surface area contributed by atoms with E-state index in [9.17, 15) is 18.7 Å². The molecule has 2 unspecified atom stereocenters. The van der Waals surface area contributed by atoms with Gasteiger partial charge in [-0.25, -0.2) is 8.78 Å². The molecule has 1 aromatic carbocycles. The van der Waals surface area contributed by atoms with Crippen LogP contribution in [0.15, 0.2) is 18.2 Å². The Balaban J connectivity index is 1.60. The molecule has 4 atom stereocenters. The summed E-state index contributed by atoms with van der Waals surface area (Å²) in [5, 5.41) is 11.3. The van der Waals surface area contributed by atoms with Crippen LogP contribution in [0.2, 0.25) is 0 Å². The molecule has 1 aromatic rings. The minimum Gasteiger partial charge on any atom is -0.389 e. The fourth-order valence-corrected chi connectivity index (χ4v) is 6.00. The number of aliphatic hydroxyl groups is 1. The lowest BCUT2D eigenvalue weighted by molar-refractivity contribution is -0.154. The predicted molar refractivity (Wildman–Crippen MR) is 116 cm³/mol. The first-order chi connectivity index (χ1) is 14.4. The number of carbonyl (C=O) groups is 1. The Morgan fingerprint density at radius 1 is 1.06 bits per heavy atom. The van der Waals surface area contributed by atoms with E-state index in [0.29, 0.717) is 37.7 Å². The predicted octanol–water partition coefficient (Wildman–Crippen LogP) is 4.03. The smallest absolute Gasteiger partial charge is 0.227 e. The minimum atomic E-state index is -0.702. The van der Waals surface area contributed by atoms with Crippen LogP contribution in [-0.2, 0) is 4.79 Å². The molecule has 0 spiro atoms. The van der Waals surface area contributed by atoms with Gasteiger partial charge >= 0.3 is 0 Å². The van der Waals surface area contributed by atoms with E-state index < -0.39 is 17.2 Å². The molecule has 6 heteroatoms. The van der Waals surface area contributed by atoms with E-state index in [2.05, 4.69) is 25.7 Å². The van der Waals surface area contributed by atoms with Crippen molar-refractivity contribution in [3.63, 3.8) is 0 Å². The van der Waals surface area contributed by atoms with E-state index >= 15 is 0 Å². The Morgan fingerprint density at radius 3 is 2.19 bits per heavy atom. The van der Waals surface area contributed by atoms with Gasteiger partial charge in [0.05, 0.1) is 11.5 Å². The van der Waals surface area contributed by atoms with Gasteiger partial charge in [0.25, 0.3) is 0 Å². The van der Waals surface area contributed by atoms with Crippen LogP contribution in [0, 0.1) is 35.3 Å². The number of piperidine rings is 1. The maximum atomic E-state index is 14.7. The molecule has 31 heavy (non-hydrogen) atoms. The third-order valence-electron chi connectivity index (χ3n) is 8.06. The van der Waals surface area contributed by atoms with E-state index in [1.165, 1.54) is 12.1 Å². The van der Waals surface area contributed by atoms with E-state index in [4.69, 9.17) is 0 Å². The number of benzene rings is 1. The van der Waals surface area contributed by atoms with Crippen molar-refractivity contribution in [3.05, 3.63) is 35.4 Å². The van der Waals surface area contributed by atoms with Crippen LogP contribution in [0.25, 0.3) is 0 Å². The zero-order valence-corrected chi connectivity index (χ0v) is 19.4. The molecular formula is C25H36F2N2O2. The Hall–Kier alpha value is -1.53. The number of hydrogen-bond donors (Lipinski definition) is 1. The van der Waals surface area contributed by atoms with Crippen LogP contribution in [0.4, 0.5) is 8.78 Å². The highest BCUT2D eigenvalue weighted by Crippen LogP contribution is 2.50. The molecule has 0 aromatic heterocycles. The maximum absolute atomic E-state index is 14.7. The Bertz CT molecular complexity index is 836. The van der Waals surface area contributed by atoms with Crippen molar-refractivity contribution in [1.29, 1.82) is 0 Å². The first kappa shape index (κ1) is 22.7. The Kier molecular flexibility index (Phi) is 5.70. The Morgan fingerprint density at radius 2 is 1.68 bits per heavy atom. The van der Waals surface area contributed by atoms with Gasteiger partial charge in [0.15, 0.2) is 0 Å². The molecule has 2 heterocycles. The summed E-state index contributed by atoms with van der Waals surface area (Å²) in [7, 11) is 0. The van der Waals surface area contributed by atoms with Crippen LogP contribution in [-0.4, -0.2) is 58.1 Å². The summed E-state index contributed by atoms with van der Waals surface area (Å²) >= 11 is 0. The molecular weight excluding hydrogens is 398 g/mol.